The lowest BCUT2D eigenvalue weighted by Gasteiger charge is -2.26. The fourth-order valence-corrected chi connectivity index (χ4v) is 2.63. The first-order valence-electron chi connectivity index (χ1n) is 6.51. The molecule has 0 aliphatic heterocycles. The maximum absolute atomic E-state index is 3.34. The Bertz CT molecular complexity index is 319. The normalized spacial score (nSPS) is 31.5. The molecule has 2 unspecified atom stereocenters. The van der Waals surface area contributed by atoms with E-state index in [4.69, 9.17) is 0 Å². The molecule has 0 heteroatoms. The van der Waals surface area contributed by atoms with Gasteiger partial charge in [-0.15, -0.1) is 11.8 Å². The Hall–Kier alpha value is -1.14. The highest BCUT2D eigenvalue weighted by Gasteiger charge is 2.20. The van der Waals surface area contributed by atoms with Crippen molar-refractivity contribution in [1.29, 1.82) is 0 Å². The molecule has 0 amide bonds. The zero-order valence-corrected chi connectivity index (χ0v) is 9.97. The van der Waals surface area contributed by atoms with Crippen molar-refractivity contribution < 1.29 is 0 Å². The van der Waals surface area contributed by atoms with Crippen LogP contribution in [0, 0.1) is 35.5 Å². The summed E-state index contributed by atoms with van der Waals surface area (Å²) in [5.41, 5.74) is 0. The largest absolute Gasteiger partial charge is 0.103 e. The van der Waals surface area contributed by atoms with Gasteiger partial charge in [0.05, 0.1) is 0 Å². The van der Waals surface area contributed by atoms with Crippen LogP contribution < -0.4 is 0 Å². The predicted octanol–water partition coefficient (Wildman–Crippen LogP) is 3.93. The van der Waals surface area contributed by atoms with Crippen LogP contribution in [0.4, 0.5) is 0 Å². The molecule has 2 rings (SSSR count). The van der Waals surface area contributed by atoms with Crippen molar-refractivity contribution in [2.45, 2.75) is 51.4 Å². The van der Waals surface area contributed by atoms with Gasteiger partial charge in [-0.2, -0.15) is 0 Å². The Morgan fingerprint density at radius 1 is 0.750 bits per heavy atom. The number of hydrogen-bond acceptors (Lipinski definition) is 0. The third-order valence-electron chi connectivity index (χ3n) is 3.53. The molecule has 2 aliphatic rings. The predicted molar refractivity (Wildman–Crippen MR) is 68.6 cm³/mol. The molecular formula is C16H20. The summed E-state index contributed by atoms with van der Waals surface area (Å²) >= 11 is 0. The van der Waals surface area contributed by atoms with Gasteiger partial charge >= 0.3 is 0 Å². The van der Waals surface area contributed by atoms with E-state index in [2.05, 4.69) is 35.8 Å². The topological polar surface area (TPSA) is 0 Å². The second kappa shape index (κ2) is 6.44. The zero-order valence-electron chi connectivity index (χ0n) is 9.97. The van der Waals surface area contributed by atoms with E-state index in [1.807, 2.05) is 0 Å². The van der Waals surface area contributed by atoms with Crippen molar-refractivity contribution in [3.63, 3.8) is 0 Å². The van der Waals surface area contributed by atoms with Crippen LogP contribution in [0.2, 0.25) is 0 Å². The summed E-state index contributed by atoms with van der Waals surface area (Å²) in [5, 5.41) is 0. The van der Waals surface area contributed by atoms with Gasteiger partial charge in [-0.1, -0.05) is 30.4 Å². The summed E-state index contributed by atoms with van der Waals surface area (Å²) in [5.74, 6) is 14.8. The summed E-state index contributed by atoms with van der Waals surface area (Å²) in [6.07, 6.45) is 13.8. The SMILES string of the molecule is C1#CCC2CCCC(CC#CC/C=C\C1)C2. The second-order valence-corrected chi connectivity index (χ2v) is 4.89. The lowest BCUT2D eigenvalue weighted by atomic mass is 9.79. The van der Waals surface area contributed by atoms with Crippen molar-refractivity contribution in [3.8, 4) is 23.7 Å². The molecule has 2 atom stereocenters. The first kappa shape index (κ1) is 11.3. The van der Waals surface area contributed by atoms with Gasteiger partial charge in [0.1, 0.15) is 0 Å². The molecular weight excluding hydrogens is 192 g/mol. The first-order chi connectivity index (χ1) is 7.95. The Morgan fingerprint density at radius 2 is 1.31 bits per heavy atom. The third-order valence-corrected chi connectivity index (χ3v) is 3.53. The van der Waals surface area contributed by atoms with E-state index in [1.165, 1.54) is 25.7 Å². The average molecular weight is 212 g/mol. The fraction of sp³-hybridized carbons (Fsp3) is 0.625. The van der Waals surface area contributed by atoms with Crippen molar-refractivity contribution in [2.75, 3.05) is 0 Å². The minimum atomic E-state index is 0.845. The maximum Gasteiger partial charge on any atom is 0.0270 e. The summed E-state index contributed by atoms with van der Waals surface area (Å²) < 4.78 is 0. The zero-order chi connectivity index (χ0) is 11.1. The van der Waals surface area contributed by atoms with Crippen LogP contribution >= 0.6 is 0 Å². The van der Waals surface area contributed by atoms with Gasteiger partial charge in [-0.25, -0.2) is 0 Å². The Labute approximate surface area is 99.5 Å². The van der Waals surface area contributed by atoms with Gasteiger partial charge in [0.25, 0.3) is 0 Å². The van der Waals surface area contributed by atoms with E-state index in [0.717, 1.165) is 37.5 Å². The van der Waals surface area contributed by atoms with Crippen LogP contribution in [0.25, 0.3) is 0 Å². The Kier molecular flexibility index (Phi) is 4.57. The van der Waals surface area contributed by atoms with E-state index in [9.17, 15) is 0 Å². The molecule has 2 aliphatic carbocycles. The van der Waals surface area contributed by atoms with Crippen molar-refractivity contribution in [1.82, 2.24) is 0 Å². The minimum Gasteiger partial charge on any atom is -0.103 e. The van der Waals surface area contributed by atoms with E-state index in [0.29, 0.717) is 0 Å². The Morgan fingerprint density at radius 3 is 1.88 bits per heavy atom. The average Bonchev–Trinajstić information content (AvgIpc) is 2.32. The van der Waals surface area contributed by atoms with Gasteiger partial charge < -0.3 is 0 Å². The summed E-state index contributed by atoms with van der Waals surface area (Å²) in [7, 11) is 0. The van der Waals surface area contributed by atoms with Gasteiger partial charge in [0.15, 0.2) is 0 Å². The fourth-order valence-electron chi connectivity index (χ4n) is 2.63. The highest BCUT2D eigenvalue weighted by Crippen LogP contribution is 2.32. The van der Waals surface area contributed by atoms with Crippen LogP contribution in [0.15, 0.2) is 12.2 Å². The number of fused-ring (bicyclic) bond motifs is 2. The molecule has 0 heterocycles. The standard InChI is InChI=1S/C16H20/c1-2-4-6-8-11-16-13-9-12-15(14-16)10-7-5-3-1/h1-2,15-16H,3-4,9-14H2/b2-1-. The summed E-state index contributed by atoms with van der Waals surface area (Å²) in [4.78, 5) is 0. The first-order valence-corrected chi connectivity index (χ1v) is 6.51. The second-order valence-electron chi connectivity index (χ2n) is 4.89. The van der Waals surface area contributed by atoms with E-state index in [1.54, 1.807) is 0 Å². The molecule has 0 aromatic heterocycles. The number of rotatable bonds is 0. The Balaban J connectivity index is 1.99. The molecule has 0 N–H and O–H groups in total. The smallest absolute Gasteiger partial charge is 0.0270 e. The molecule has 0 nitrogen and oxygen atoms in total. The third kappa shape index (κ3) is 3.79. The van der Waals surface area contributed by atoms with Gasteiger partial charge in [-0.05, 0) is 31.1 Å². The maximum atomic E-state index is 3.34. The molecule has 0 aromatic rings. The summed E-state index contributed by atoms with van der Waals surface area (Å²) in [6.45, 7) is 0. The summed E-state index contributed by atoms with van der Waals surface area (Å²) in [6, 6.07) is 0. The molecule has 2 bridgehead atoms. The molecule has 16 heavy (non-hydrogen) atoms. The van der Waals surface area contributed by atoms with Crippen LogP contribution in [0.3, 0.4) is 0 Å². The van der Waals surface area contributed by atoms with E-state index in [-0.39, 0.29) is 0 Å². The number of hydrogen-bond donors (Lipinski definition) is 0. The molecule has 1 saturated carbocycles. The molecule has 0 saturated heterocycles. The van der Waals surface area contributed by atoms with Gasteiger partial charge in [-0.3, -0.25) is 0 Å². The quantitative estimate of drug-likeness (QED) is 0.421. The van der Waals surface area contributed by atoms with E-state index >= 15 is 0 Å². The molecule has 0 radical (unpaired) electrons. The van der Waals surface area contributed by atoms with Crippen LogP contribution in [0.1, 0.15) is 51.4 Å². The van der Waals surface area contributed by atoms with Crippen molar-refractivity contribution >= 4 is 0 Å². The molecule has 0 spiro atoms. The lowest BCUT2D eigenvalue weighted by molar-refractivity contribution is 0.274. The van der Waals surface area contributed by atoms with Gasteiger partial charge in [0.2, 0.25) is 0 Å². The lowest BCUT2D eigenvalue weighted by Crippen LogP contribution is -2.14. The minimum absolute atomic E-state index is 0.845. The van der Waals surface area contributed by atoms with E-state index < -0.39 is 0 Å². The van der Waals surface area contributed by atoms with Crippen molar-refractivity contribution in [3.05, 3.63) is 12.2 Å². The molecule has 84 valence electrons. The van der Waals surface area contributed by atoms with Crippen LogP contribution in [-0.4, -0.2) is 0 Å². The highest BCUT2D eigenvalue weighted by atomic mass is 14.2. The van der Waals surface area contributed by atoms with Crippen LogP contribution in [0.5, 0.6) is 0 Å². The molecule has 1 fully saturated rings. The van der Waals surface area contributed by atoms with Gasteiger partial charge in [0, 0.05) is 25.7 Å². The monoisotopic (exact) mass is 212 g/mol. The number of allylic oxidation sites excluding steroid dienone is 2. The van der Waals surface area contributed by atoms with Crippen molar-refractivity contribution in [2.24, 2.45) is 11.8 Å². The van der Waals surface area contributed by atoms with Crippen LogP contribution in [-0.2, 0) is 0 Å². The molecule has 0 aromatic carbocycles. The highest BCUT2D eigenvalue weighted by molar-refractivity contribution is 5.10.